The van der Waals surface area contributed by atoms with Crippen LogP contribution in [-0.2, 0) is 30.4 Å². The summed E-state index contributed by atoms with van der Waals surface area (Å²) < 4.78 is 39.3. The van der Waals surface area contributed by atoms with E-state index < -0.39 is 11.7 Å². The minimum Gasteiger partial charge on any atom is -0.354 e. The zero-order valence-corrected chi connectivity index (χ0v) is 19.0. The topological polar surface area (TPSA) is 72.9 Å². The van der Waals surface area contributed by atoms with E-state index >= 15 is 0 Å². The maximum absolute atomic E-state index is 12.4. The number of carbonyl (C=O) groups excluding carboxylic acids is 1. The summed E-state index contributed by atoms with van der Waals surface area (Å²) in [5.74, 6) is 0. The highest BCUT2D eigenvalue weighted by atomic mass is 35.5. The number of hydrogen-bond acceptors (Lipinski definition) is 4. The largest absolute Gasteiger partial charge is 0.416 e. The van der Waals surface area contributed by atoms with Gasteiger partial charge in [0.2, 0.25) is 6.41 Å². The third kappa shape index (κ3) is 5.90. The molecule has 0 fully saturated rings. The molecule has 0 bridgehead atoms. The van der Waals surface area contributed by atoms with Gasteiger partial charge >= 0.3 is 6.18 Å². The molecule has 1 unspecified atom stereocenters. The number of carbonyl (C=O) groups is 1. The van der Waals surface area contributed by atoms with Crippen LogP contribution in [0.5, 0.6) is 0 Å². The maximum atomic E-state index is 12.4. The molecule has 3 aromatic rings. The predicted octanol–water partition coefficient (Wildman–Crippen LogP) is 4.84. The molecule has 1 aliphatic heterocycles. The smallest absolute Gasteiger partial charge is 0.354 e. The summed E-state index contributed by atoms with van der Waals surface area (Å²) in [4.78, 5) is 13.0. The Morgan fingerprint density at radius 2 is 2.16 bits per heavy atom. The van der Waals surface area contributed by atoms with E-state index in [2.05, 4.69) is 23.4 Å². The number of rotatable bonds is 5. The van der Waals surface area contributed by atoms with Gasteiger partial charge in [-0.1, -0.05) is 29.8 Å². The van der Waals surface area contributed by atoms with Crippen molar-refractivity contribution in [3.05, 3.63) is 62.4 Å². The van der Waals surface area contributed by atoms with Crippen LogP contribution in [0.25, 0.3) is 11.3 Å². The monoisotopic (exact) mass is 484 g/mol. The van der Waals surface area contributed by atoms with E-state index in [1.54, 1.807) is 12.3 Å². The summed E-state index contributed by atoms with van der Waals surface area (Å²) in [7, 11) is 0. The highest BCUT2D eigenvalue weighted by molar-refractivity contribution is 7.12. The molecule has 172 valence electrons. The number of aromatic nitrogens is 2. The van der Waals surface area contributed by atoms with Crippen molar-refractivity contribution < 1.29 is 18.0 Å². The predicted molar refractivity (Wildman–Crippen MR) is 121 cm³/mol. The van der Waals surface area contributed by atoms with Gasteiger partial charge in [0.1, 0.15) is 0 Å². The average molecular weight is 485 g/mol. The summed E-state index contributed by atoms with van der Waals surface area (Å²) in [6.45, 7) is 3.30. The van der Waals surface area contributed by atoms with Crippen LogP contribution in [0.15, 0.2) is 36.5 Å². The van der Waals surface area contributed by atoms with Crippen molar-refractivity contribution in [3.63, 3.8) is 0 Å². The second kappa shape index (κ2) is 10.5. The van der Waals surface area contributed by atoms with E-state index in [-0.39, 0.29) is 19.0 Å². The first kappa shape index (κ1) is 24.3. The molecule has 1 aliphatic rings. The molecule has 0 saturated carbocycles. The highest BCUT2D eigenvalue weighted by Crippen LogP contribution is 2.38. The van der Waals surface area contributed by atoms with Crippen LogP contribution in [0.4, 0.5) is 13.2 Å². The van der Waals surface area contributed by atoms with Gasteiger partial charge < -0.3 is 11.1 Å². The number of nitrogens with zero attached hydrogens (tertiary/aromatic N) is 2. The molecular weight excluding hydrogens is 461 g/mol. The standard InChI is InChI=1S/C11H11ClN2S.C11H13F3N2O/c1-7-5-8-10(15-7)3-2-4-14-11(8)9(12)6-13-14;12-11(13,14)9-3-1-2-8(4-9)5-10(6-15)16-7-17/h5-6H,2-4H2,1H3;1-4,7,10H,5-6,15H2,(H,16,17). The summed E-state index contributed by atoms with van der Waals surface area (Å²) in [6, 6.07) is 6.86. The van der Waals surface area contributed by atoms with Crippen molar-refractivity contribution in [3.8, 4) is 11.3 Å². The van der Waals surface area contributed by atoms with Crippen molar-refractivity contribution in [2.75, 3.05) is 6.54 Å². The molecule has 4 rings (SSSR count). The first-order valence-electron chi connectivity index (χ1n) is 10.1. The van der Waals surface area contributed by atoms with Crippen molar-refractivity contribution in [1.29, 1.82) is 0 Å². The van der Waals surface area contributed by atoms with Crippen LogP contribution in [-0.4, -0.2) is 28.8 Å². The lowest BCUT2D eigenvalue weighted by Gasteiger charge is -2.14. The summed E-state index contributed by atoms with van der Waals surface area (Å²) in [5, 5.41) is 7.54. The van der Waals surface area contributed by atoms with E-state index in [1.807, 2.05) is 16.0 Å². The van der Waals surface area contributed by atoms with E-state index in [0.29, 0.717) is 12.0 Å². The van der Waals surface area contributed by atoms with Crippen LogP contribution < -0.4 is 11.1 Å². The van der Waals surface area contributed by atoms with Gasteiger partial charge in [-0.05, 0) is 43.9 Å². The fourth-order valence-corrected chi connectivity index (χ4v) is 4.92. The molecule has 0 aliphatic carbocycles. The Labute approximate surface area is 193 Å². The van der Waals surface area contributed by atoms with Gasteiger partial charge in [-0.15, -0.1) is 11.3 Å². The van der Waals surface area contributed by atoms with E-state index in [9.17, 15) is 18.0 Å². The Bertz CT molecular complexity index is 1060. The summed E-state index contributed by atoms with van der Waals surface area (Å²) in [6.07, 6.45) is 0.459. The first-order chi connectivity index (χ1) is 15.2. The molecule has 5 nitrogen and oxygen atoms in total. The van der Waals surface area contributed by atoms with Gasteiger partial charge in [0, 0.05) is 34.4 Å². The fourth-order valence-electron chi connectivity index (χ4n) is 3.60. The Morgan fingerprint density at radius 1 is 1.38 bits per heavy atom. The van der Waals surface area contributed by atoms with Crippen molar-refractivity contribution in [1.82, 2.24) is 15.1 Å². The van der Waals surface area contributed by atoms with E-state index in [4.69, 9.17) is 17.3 Å². The number of benzene rings is 1. The Hall–Kier alpha value is -2.36. The van der Waals surface area contributed by atoms with Gasteiger partial charge in [-0.3, -0.25) is 9.48 Å². The maximum Gasteiger partial charge on any atom is 0.416 e. The zero-order valence-electron chi connectivity index (χ0n) is 17.5. The number of aryl methyl sites for hydroxylation is 3. The van der Waals surface area contributed by atoms with Gasteiger partial charge in [0.15, 0.2) is 0 Å². The number of halogens is 4. The van der Waals surface area contributed by atoms with Crippen LogP contribution >= 0.6 is 22.9 Å². The van der Waals surface area contributed by atoms with E-state index in [1.165, 1.54) is 21.4 Å². The van der Waals surface area contributed by atoms with Gasteiger partial charge in [-0.25, -0.2) is 0 Å². The SMILES string of the molecule is Cc1cc2c(s1)CCCn1ncc(Cl)c1-2.NCC(Cc1cccc(C(F)(F)F)c1)NC=O. The molecule has 0 saturated heterocycles. The van der Waals surface area contributed by atoms with Crippen molar-refractivity contribution >= 4 is 29.3 Å². The molecular formula is C22H24ClF3N4OS. The van der Waals surface area contributed by atoms with Crippen LogP contribution in [0.2, 0.25) is 5.02 Å². The normalized spacial score (nSPS) is 13.8. The van der Waals surface area contributed by atoms with Gasteiger partial charge in [-0.2, -0.15) is 18.3 Å². The number of hydrogen-bond donors (Lipinski definition) is 2. The fraction of sp³-hybridized carbons (Fsp3) is 0.364. The zero-order chi connectivity index (χ0) is 23.3. The van der Waals surface area contributed by atoms with Crippen molar-refractivity contribution in [2.24, 2.45) is 5.73 Å². The van der Waals surface area contributed by atoms with Gasteiger partial charge in [0.25, 0.3) is 0 Å². The Balaban J connectivity index is 0.000000181. The second-order valence-electron chi connectivity index (χ2n) is 7.48. The molecule has 10 heteroatoms. The second-order valence-corrected chi connectivity index (χ2v) is 9.23. The molecule has 3 heterocycles. The summed E-state index contributed by atoms with van der Waals surface area (Å²) in [5.41, 5.74) is 7.57. The minimum absolute atomic E-state index is 0.176. The molecule has 1 amide bonds. The average Bonchev–Trinajstić information content (AvgIpc) is 3.24. The van der Waals surface area contributed by atoms with E-state index in [0.717, 1.165) is 42.2 Å². The van der Waals surface area contributed by atoms with Crippen LogP contribution in [0.1, 0.15) is 27.3 Å². The van der Waals surface area contributed by atoms with Crippen LogP contribution in [0.3, 0.4) is 0 Å². The molecule has 0 radical (unpaired) electrons. The minimum atomic E-state index is -4.35. The Kier molecular flexibility index (Phi) is 7.97. The first-order valence-corrected chi connectivity index (χ1v) is 11.3. The van der Waals surface area contributed by atoms with Crippen LogP contribution in [0, 0.1) is 6.92 Å². The molecule has 1 aromatic carbocycles. The molecule has 2 aromatic heterocycles. The number of fused-ring (bicyclic) bond motifs is 3. The number of alkyl halides is 3. The number of thiophene rings is 1. The molecule has 3 N–H and O–H groups in total. The highest BCUT2D eigenvalue weighted by Gasteiger charge is 2.30. The number of nitrogens with one attached hydrogen (secondary N) is 1. The molecule has 0 spiro atoms. The number of amides is 1. The van der Waals surface area contributed by atoms with Gasteiger partial charge in [0.05, 0.1) is 22.5 Å². The third-order valence-electron chi connectivity index (χ3n) is 5.08. The van der Waals surface area contributed by atoms with Crippen molar-refractivity contribution in [2.45, 2.75) is 44.9 Å². The number of nitrogens with two attached hydrogens (primary N) is 1. The molecule has 32 heavy (non-hydrogen) atoms. The quantitative estimate of drug-likeness (QED) is 0.509. The Morgan fingerprint density at radius 3 is 2.84 bits per heavy atom. The lowest BCUT2D eigenvalue weighted by molar-refractivity contribution is -0.137. The lowest BCUT2D eigenvalue weighted by Crippen LogP contribution is -2.36. The third-order valence-corrected chi connectivity index (χ3v) is 6.47. The summed E-state index contributed by atoms with van der Waals surface area (Å²) >= 11 is 8.07. The lowest BCUT2D eigenvalue weighted by atomic mass is 10.0. The molecule has 1 atom stereocenters.